The van der Waals surface area contributed by atoms with Crippen LogP contribution < -0.4 is 15.8 Å². The second kappa shape index (κ2) is 6.72. The maximum absolute atomic E-state index is 11.3. The molecule has 1 aromatic rings. The minimum absolute atomic E-state index is 0.102. The molecule has 2 amide bonds. The third kappa shape index (κ3) is 5.03. The summed E-state index contributed by atoms with van der Waals surface area (Å²) in [6.07, 6.45) is 1.95. The van der Waals surface area contributed by atoms with E-state index >= 15 is 0 Å². The minimum atomic E-state index is -3.65. The van der Waals surface area contributed by atoms with Gasteiger partial charge < -0.3 is 10.6 Å². The predicted octanol–water partition coefficient (Wildman–Crippen LogP) is 0.995. The van der Waals surface area contributed by atoms with Crippen LogP contribution in [0.2, 0.25) is 0 Å². The number of carbonyl (C=O) groups is 1. The number of urea groups is 1. The lowest BCUT2D eigenvalue weighted by Gasteiger charge is -2.05. The van der Waals surface area contributed by atoms with E-state index in [1.165, 1.54) is 6.07 Å². The zero-order valence-corrected chi connectivity index (χ0v) is 11.7. The molecule has 0 bridgehead atoms. The van der Waals surface area contributed by atoms with Crippen LogP contribution in [-0.2, 0) is 16.6 Å². The monoisotopic (exact) mass is 291 g/mol. The Labute approximate surface area is 111 Å². The molecule has 0 saturated carbocycles. The van der Waals surface area contributed by atoms with Crippen LogP contribution in [0.5, 0.6) is 0 Å². The van der Waals surface area contributed by atoms with Crippen molar-refractivity contribution in [1.82, 2.24) is 10.6 Å². The fourth-order valence-corrected chi connectivity index (χ4v) is 2.93. The highest BCUT2D eigenvalue weighted by Crippen LogP contribution is 2.19. The lowest BCUT2D eigenvalue weighted by molar-refractivity contribution is 0.240. The number of thiophene rings is 1. The first-order valence-electron chi connectivity index (χ1n) is 5.56. The third-order valence-electron chi connectivity index (χ3n) is 2.16. The summed E-state index contributed by atoms with van der Waals surface area (Å²) in [7, 11) is -3.65. The highest BCUT2D eigenvalue weighted by molar-refractivity contribution is 7.91. The number of nitrogens with one attached hydrogen (secondary N) is 2. The topological polar surface area (TPSA) is 101 Å². The second-order valence-electron chi connectivity index (χ2n) is 3.73. The maximum Gasteiger partial charge on any atom is 0.315 e. The van der Waals surface area contributed by atoms with Crippen molar-refractivity contribution in [2.24, 2.45) is 5.14 Å². The zero-order valence-electron chi connectivity index (χ0n) is 10.1. The minimum Gasteiger partial charge on any atom is -0.338 e. The average Bonchev–Trinajstić information content (AvgIpc) is 2.75. The van der Waals surface area contributed by atoms with Gasteiger partial charge >= 0.3 is 6.03 Å². The number of carbonyl (C=O) groups excluding carboxylic acids is 1. The second-order valence-corrected chi connectivity index (χ2v) is 6.69. The van der Waals surface area contributed by atoms with Gasteiger partial charge in [-0.25, -0.2) is 18.4 Å². The van der Waals surface area contributed by atoms with Gasteiger partial charge in [-0.2, -0.15) is 0 Å². The van der Waals surface area contributed by atoms with Crippen molar-refractivity contribution < 1.29 is 13.2 Å². The Kier molecular flexibility index (Phi) is 5.57. The molecule has 1 aromatic heterocycles. The smallest absolute Gasteiger partial charge is 0.315 e. The number of nitrogens with two attached hydrogens (primary N) is 1. The molecule has 0 aliphatic carbocycles. The predicted molar refractivity (Wildman–Crippen MR) is 70.8 cm³/mol. The van der Waals surface area contributed by atoms with Crippen molar-refractivity contribution in [3.63, 3.8) is 0 Å². The molecule has 0 fully saturated rings. The zero-order chi connectivity index (χ0) is 13.6. The van der Waals surface area contributed by atoms with Crippen molar-refractivity contribution in [3.8, 4) is 0 Å². The summed E-state index contributed by atoms with van der Waals surface area (Å²) in [5.41, 5.74) is 0. The Morgan fingerprint density at radius 3 is 2.67 bits per heavy atom. The van der Waals surface area contributed by atoms with Crippen LogP contribution in [0.1, 0.15) is 24.6 Å². The van der Waals surface area contributed by atoms with Gasteiger partial charge in [0, 0.05) is 11.4 Å². The largest absolute Gasteiger partial charge is 0.338 e. The van der Waals surface area contributed by atoms with Crippen LogP contribution in [0.25, 0.3) is 0 Å². The lowest BCUT2D eigenvalue weighted by atomic mass is 10.3. The molecule has 6 nitrogen and oxygen atoms in total. The first kappa shape index (κ1) is 14.9. The average molecular weight is 291 g/mol. The molecule has 0 aromatic carbocycles. The molecule has 8 heteroatoms. The summed E-state index contributed by atoms with van der Waals surface area (Å²) in [5.74, 6) is 0. The first-order valence-corrected chi connectivity index (χ1v) is 7.93. The molecule has 0 aliphatic heterocycles. The molecule has 1 heterocycles. The van der Waals surface area contributed by atoms with Gasteiger partial charge in [-0.1, -0.05) is 13.3 Å². The molecule has 0 spiro atoms. The Morgan fingerprint density at radius 2 is 2.11 bits per heavy atom. The van der Waals surface area contributed by atoms with Crippen LogP contribution in [-0.4, -0.2) is 21.0 Å². The highest BCUT2D eigenvalue weighted by atomic mass is 32.2. The van der Waals surface area contributed by atoms with E-state index in [9.17, 15) is 13.2 Å². The molecule has 0 saturated heterocycles. The van der Waals surface area contributed by atoms with Gasteiger partial charge in [-0.3, -0.25) is 0 Å². The van der Waals surface area contributed by atoms with Gasteiger partial charge in [0.2, 0.25) is 10.0 Å². The van der Waals surface area contributed by atoms with Crippen molar-refractivity contribution >= 4 is 27.4 Å². The lowest BCUT2D eigenvalue weighted by Crippen LogP contribution is -2.35. The Balaban J connectivity index is 2.40. The molecule has 0 aliphatic rings. The van der Waals surface area contributed by atoms with E-state index in [1.807, 2.05) is 6.92 Å². The van der Waals surface area contributed by atoms with Gasteiger partial charge in [-0.05, 0) is 18.6 Å². The van der Waals surface area contributed by atoms with Crippen LogP contribution in [0, 0.1) is 0 Å². The van der Waals surface area contributed by atoms with E-state index in [2.05, 4.69) is 10.6 Å². The van der Waals surface area contributed by atoms with Gasteiger partial charge in [-0.15, -0.1) is 11.3 Å². The molecule has 0 radical (unpaired) electrons. The molecule has 1 rings (SSSR count). The Hall–Kier alpha value is -1.12. The van der Waals surface area contributed by atoms with Crippen molar-refractivity contribution in [2.75, 3.05) is 6.54 Å². The molecule has 0 atom stereocenters. The SMILES string of the molecule is CCCCNC(=O)NCc1ccc(S(N)(=O)=O)s1. The molecule has 18 heavy (non-hydrogen) atoms. The fourth-order valence-electron chi connectivity index (χ4n) is 1.21. The number of sulfonamides is 1. The number of hydrogen-bond donors (Lipinski definition) is 3. The number of unbranched alkanes of at least 4 members (excludes halogenated alkanes) is 1. The molecular formula is C10H17N3O3S2. The highest BCUT2D eigenvalue weighted by Gasteiger charge is 2.11. The van der Waals surface area contributed by atoms with E-state index < -0.39 is 10.0 Å². The number of amides is 2. The van der Waals surface area contributed by atoms with Crippen LogP contribution >= 0.6 is 11.3 Å². The standard InChI is InChI=1S/C10H17N3O3S2/c1-2-3-6-12-10(14)13-7-8-4-5-9(17-8)18(11,15)16/h4-5H,2-3,6-7H2,1H3,(H2,11,15,16)(H2,12,13,14). The summed E-state index contributed by atoms with van der Waals surface area (Å²) in [6, 6.07) is 2.82. The van der Waals surface area contributed by atoms with Crippen molar-refractivity contribution in [3.05, 3.63) is 17.0 Å². The van der Waals surface area contributed by atoms with E-state index in [0.29, 0.717) is 6.54 Å². The quantitative estimate of drug-likeness (QED) is 0.681. The van der Waals surface area contributed by atoms with Crippen LogP contribution in [0.4, 0.5) is 4.79 Å². The summed E-state index contributed by atoms with van der Waals surface area (Å²) in [4.78, 5) is 12.1. The van der Waals surface area contributed by atoms with Gasteiger partial charge in [0.15, 0.2) is 0 Å². The summed E-state index contributed by atoms with van der Waals surface area (Å²) >= 11 is 1.05. The Morgan fingerprint density at radius 1 is 1.39 bits per heavy atom. The van der Waals surface area contributed by atoms with Gasteiger partial charge in [0.1, 0.15) is 4.21 Å². The third-order valence-corrected chi connectivity index (χ3v) is 4.68. The summed E-state index contributed by atoms with van der Waals surface area (Å²) in [6.45, 7) is 2.97. The molecule has 0 unspecified atom stereocenters. The van der Waals surface area contributed by atoms with Gasteiger partial charge in [0.25, 0.3) is 0 Å². The number of primary sulfonamides is 1. The van der Waals surface area contributed by atoms with Crippen molar-refractivity contribution in [1.29, 1.82) is 0 Å². The first-order chi connectivity index (χ1) is 8.43. The summed E-state index contributed by atoms with van der Waals surface area (Å²) in [5, 5.41) is 10.3. The number of hydrogen-bond acceptors (Lipinski definition) is 4. The van der Waals surface area contributed by atoms with Crippen LogP contribution in [0.15, 0.2) is 16.3 Å². The van der Waals surface area contributed by atoms with E-state index in [0.717, 1.165) is 29.1 Å². The van der Waals surface area contributed by atoms with E-state index in [-0.39, 0.29) is 16.8 Å². The van der Waals surface area contributed by atoms with E-state index in [4.69, 9.17) is 5.14 Å². The number of rotatable bonds is 6. The molecular weight excluding hydrogens is 274 g/mol. The summed E-state index contributed by atoms with van der Waals surface area (Å²) < 4.78 is 22.2. The maximum atomic E-state index is 11.3. The van der Waals surface area contributed by atoms with Gasteiger partial charge in [0.05, 0.1) is 6.54 Å². The molecule has 4 N–H and O–H groups in total. The Bertz CT molecular complexity index is 496. The van der Waals surface area contributed by atoms with Crippen LogP contribution in [0.3, 0.4) is 0 Å². The van der Waals surface area contributed by atoms with E-state index in [1.54, 1.807) is 6.07 Å². The normalized spacial score (nSPS) is 11.2. The molecule has 102 valence electrons. The van der Waals surface area contributed by atoms with Crippen molar-refractivity contribution in [2.45, 2.75) is 30.5 Å². The fraction of sp³-hybridized carbons (Fsp3) is 0.500.